The summed E-state index contributed by atoms with van der Waals surface area (Å²) in [5.41, 5.74) is 28.6. The maximum Gasteiger partial charge on any atom is 0.186 e. The van der Waals surface area contributed by atoms with E-state index in [1.165, 1.54) is 0 Å². The predicted octanol–water partition coefficient (Wildman–Crippen LogP) is -5.19. The van der Waals surface area contributed by atoms with Gasteiger partial charge in [0.25, 0.3) is 0 Å². The molecule has 2 aliphatic carbocycles. The maximum atomic E-state index is 13.1. The van der Waals surface area contributed by atoms with Crippen LogP contribution in [0.15, 0.2) is 0 Å². The van der Waals surface area contributed by atoms with Crippen molar-refractivity contribution in [2.24, 2.45) is 34.6 Å². The van der Waals surface area contributed by atoms with E-state index in [4.69, 9.17) is 47.6 Å². The lowest BCUT2D eigenvalue weighted by Crippen LogP contribution is -2.66. The minimum Gasteiger partial charge on any atom is -0.394 e. The molecule has 4 fully saturated rings. The maximum absolute atomic E-state index is 13.1. The monoisotopic (exact) mass is 620 g/mol. The summed E-state index contributed by atoms with van der Waals surface area (Å²) in [5.74, 6) is -1.18. The van der Waals surface area contributed by atoms with Gasteiger partial charge >= 0.3 is 0 Å². The molecule has 2 saturated heterocycles. The highest BCUT2D eigenvalue weighted by molar-refractivity contribution is 5.88. The van der Waals surface area contributed by atoms with Crippen LogP contribution in [0.1, 0.15) is 44.9 Å². The van der Waals surface area contributed by atoms with Crippen LogP contribution in [-0.4, -0.2) is 143 Å². The van der Waals surface area contributed by atoms with E-state index in [0.717, 1.165) is 13.0 Å². The van der Waals surface area contributed by atoms with Crippen LogP contribution in [0.2, 0.25) is 0 Å². The van der Waals surface area contributed by atoms with Crippen molar-refractivity contribution in [2.75, 3.05) is 26.2 Å². The molecule has 16 heteroatoms. The topological polar surface area (TPSA) is 297 Å². The minimum atomic E-state index is -1.57. The van der Waals surface area contributed by atoms with E-state index in [9.17, 15) is 30.3 Å². The Morgan fingerprint density at radius 2 is 1.63 bits per heavy atom. The molecule has 4 aliphatic rings. The number of hydrogen-bond acceptors (Lipinski definition) is 16. The zero-order valence-corrected chi connectivity index (χ0v) is 24.5. The molecule has 0 aromatic rings. The molecule has 4 rings (SSSR count). The lowest BCUT2D eigenvalue weighted by atomic mass is 9.69. The van der Waals surface area contributed by atoms with Gasteiger partial charge in [-0.25, -0.2) is 0 Å². The van der Waals surface area contributed by atoms with Gasteiger partial charge in [0, 0.05) is 25.0 Å². The van der Waals surface area contributed by atoms with Gasteiger partial charge in [0.2, 0.25) is 0 Å². The molecule has 1 unspecified atom stereocenters. The molecule has 2 heterocycles. The molecule has 250 valence electrons. The van der Waals surface area contributed by atoms with Gasteiger partial charge in [0.05, 0.1) is 30.9 Å². The third-order valence-electron chi connectivity index (χ3n) is 9.25. The number of carbonyl (C=O) groups is 1. The highest BCUT2D eigenvalue weighted by Gasteiger charge is 2.53. The highest BCUT2D eigenvalue weighted by Crippen LogP contribution is 2.39. The summed E-state index contributed by atoms with van der Waals surface area (Å²) in [6.45, 7) is 1.29. The molecule has 0 aromatic carbocycles. The van der Waals surface area contributed by atoms with Crippen LogP contribution in [0.25, 0.3) is 0 Å². The lowest BCUT2D eigenvalue weighted by molar-refractivity contribution is -0.318. The number of ketones is 1. The predicted molar refractivity (Wildman–Crippen MR) is 152 cm³/mol. The van der Waals surface area contributed by atoms with Crippen LogP contribution in [0.5, 0.6) is 0 Å². The van der Waals surface area contributed by atoms with Crippen molar-refractivity contribution in [3.63, 3.8) is 0 Å². The fourth-order valence-electron chi connectivity index (χ4n) is 6.56. The summed E-state index contributed by atoms with van der Waals surface area (Å²) < 4.78 is 24.0. The van der Waals surface area contributed by atoms with Gasteiger partial charge in [-0.05, 0) is 57.5 Å². The molecular weight excluding hydrogens is 568 g/mol. The fraction of sp³-hybridized carbons (Fsp3) is 0.963. The van der Waals surface area contributed by atoms with Crippen LogP contribution < -0.4 is 34.0 Å². The Bertz CT molecular complexity index is 900. The molecule has 0 spiro atoms. The van der Waals surface area contributed by atoms with Crippen molar-refractivity contribution < 1.29 is 49.3 Å². The number of nitrogens with two attached hydrogens (primary N) is 5. The second-order valence-corrected chi connectivity index (χ2v) is 12.7. The molecule has 13 atom stereocenters. The average molecular weight is 621 g/mol. The molecule has 0 radical (unpaired) electrons. The minimum absolute atomic E-state index is 0.124. The molecule has 43 heavy (non-hydrogen) atoms. The molecule has 16 nitrogen and oxygen atoms in total. The standard InChI is InChI=1S/C27H52N6O10/c28-4-1-5-33-10-14-2-3-15(30)25(40-14)43-24-16(31)6-12(7-18(35)27(39)8-13(29)9-27)23(22(24)38)42-26-21(37)19(32)20(36)17(11-34)41-26/h12-17,19-26,33-34,36-39H,1-11,28-32H2/t12-,13?,14-,15+,16-,17+,19-,20+,21+,22+,23-,24?,25+,26+,27?/m0/s1. The third kappa shape index (κ3) is 8.08. The highest BCUT2D eigenvalue weighted by atomic mass is 16.7. The van der Waals surface area contributed by atoms with E-state index in [0.29, 0.717) is 25.9 Å². The smallest absolute Gasteiger partial charge is 0.186 e. The SMILES string of the molecule is NCCCNC[C@@H]1CC[C@@H](N)[C@@H](OC2[C@@H](N)C[C@@H](CC(=O)C3(O)CC(N)C3)[C@H](O[C@H]3O[C@H](CO)[C@@H](O)[C@H](N)[C@H]3O)[C@H]2O)O1. The third-order valence-corrected chi connectivity index (χ3v) is 9.25. The van der Waals surface area contributed by atoms with E-state index in [1.807, 2.05) is 0 Å². The zero-order chi connectivity index (χ0) is 31.5. The number of hydrogen-bond donors (Lipinski definition) is 11. The zero-order valence-electron chi connectivity index (χ0n) is 24.5. The van der Waals surface area contributed by atoms with Gasteiger partial charge in [-0.1, -0.05) is 0 Å². The van der Waals surface area contributed by atoms with Crippen molar-refractivity contribution in [1.82, 2.24) is 5.32 Å². The second kappa shape index (κ2) is 15.1. The number of aliphatic hydroxyl groups excluding tert-OH is 4. The molecule has 0 aromatic heterocycles. The summed E-state index contributed by atoms with van der Waals surface area (Å²) in [4.78, 5) is 13.1. The summed E-state index contributed by atoms with van der Waals surface area (Å²) in [7, 11) is 0. The Hall–Kier alpha value is -0.930. The number of carbonyl (C=O) groups excluding carboxylic acids is 1. The van der Waals surface area contributed by atoms with E-state index >= 15 is 0 Å². The first kappa shape index (κ1) is 34.9. The average Bonchev–Trinajstić information content (AvgIpc) is 2.95. The molecule has 2 saturated carbocycles. The van der Waals surface area contributed by atoms with Crippen molar-refractivity contribution in [2.45, 2.75) is 130 Å². The van der Waals surface area contributed by atoms with Crippen molar-refractivity contribution in [1.29, 1.82) is 0 Å². The van der Waals surface area contributed by atoms with Gasteiger partial charge in [-0.2, -0.15) is 0 Å². The summed E-state index contributed by atoms with van der Waals surface area (Å²) in [6.07, 6.45) is -7.85. The normalized spacial score (nSPS) is 47.2. The first-order valence-electron chi connectivity index (χ1n) is 15.3. The van der Waals surface area contributed by atoms with E-state index in [-0.39, 0.29) is 37.8 Å². The number of aliphatic hydroxyl groups is 5. The van der Waals surface area contributed by atoms with Crippen LogP contribution in [0.3, 0.4) is 0 Å². The van der Waals surface area contributed by atoms with E-state index < -0.39 is 91.2 Å². The van der Waals surface area contributed by atoms with Crippen LogP contribution in [0, 0.1) is 5.92 Å². The summed E-state index contributed by atoms with van der Waals surface area (Å²) in [5, 5.41) is 56.3. The Morgan fingerprint density at radius 3 is 2.28 bits per heavy atom. The van der Waals surface area contributed by atoms with Gasteiger partial charge in [0.15, 0.2) is 18.4 Å². The fourth-order valence-corrected chi connectivity index (χ4v) is 6.56. The Labute approximate surface area is 251 Å². The van der Waals surface area contributed by atoms with Crippen molar-refractivity contribution >= 4 is 5.78 Å². The van der Waals surface area contributed by atoms with Crippen molar-refractivity contribution in [3.8, 4) is 0 Å². The Balaban J connectivity index is 1.49. The summed E-state index contributed by atoms with van der Waals surface area (Å²) >= 11 is 0. The number of Topliss-reactive ketones (excluding diaryl/α,β-unsaturated/α-hetero) is 1. The van der Waals surface area contributed by atoms with E-state index in [1.54, 1.807) is 0 Å². The lowest BCUT2D eigenvalue weighted by Gasteiger charge is -2.49. The molecule has 0 bridgehead atoms. The van der Waals surface area contributed by atoms with Crippen LogP contribution in [-0.2, 0) is 23.7 Å². The Kier molecular flexibility index (Phi) is 12.3. The van der Waals surface area contributed by atoms with Gasteiger partial charge in [-0.15, -0.1) is 0 Å². The number of nitrogens with one attached hydrogen (secondary N) is 1. The van der Waals surface area contributed by atoms with E-state index in [2.05, 4.69) is 5.32 Å². The number of ether oxygens (including phenoxy) is 4. The molecule has 16 N–H and O–H groups in total. The molecular formula is C27H52N6O10. The van der Waals surface area contributed by atoms with Crippen molar-refractivity contribution in [3.05, 3.63) is 0 Å². The Morgan fingerprint density at radius 1 is 0.930 bits per heavy atom. The van der Waals surface area contributed by atoms with Gasteiger partial charge in [0.1, 0.15) is 36.1 Å². The van der Waals surface area contributed by atoms with Crippen LogP contribution >= 0.6 is 0 Å². The second-order valence-electron chi connectivity index (χ2n) is 12.7. The first-order valence-corrected chi connectivity index (χ1v) is 15.3. The first-order chi connectivity index (χ1) is 20.4. The largest absolute Gasteiger partial charge is 0.394 e. The van der Waals surface area contributed by atoms with Crippen LogP contribution in [0.4, 0.5) is 0 Å². The quantitative estimate of drug-likeness (QED) is 0.0857. The van der Waals surface area contributed by atoms with Gasteiger partial charge in [-0.3, -0.25) is 4.79 Å². The molecule has 0 amide bonds. The number of rotatable bonds is 13. The van der Waals surface area contributed by atoms with Gasteiger partial charge < -0.3 is 78.5 Å². The molecule has 2 aliphatic heterocycles. The summed E-state index contributed by atoms with van der Waals surface area (Å²) in [6, 6.07) is -2.75.